The van der Waals surface area contributed by atoms with E-state index < -0.39 is 16.9 Å². The zero-order chi connectivity index (χ0) is 13.7. The summed E-state index contributed by atoms with van der Waals surface area (Å²) in [5, 5.41) is 22.6. The summed E-state index contributed by atoms with van der Waals surface area (Å²) in [4.78, 5) is 21.8. The molecule has 1 aromatic heterocycles. The number of hydrogen-bond acceptors (Lipinski definition) is 4. The lowest BCUT2D eigenvalue weighted by Crippen LogP contribution is -2.33. The van der Waals surface area contributed by atoms with Gasteiger partial charge >= 0.3 is 5.82 Å². The summed E-state index contributed by atoms with van der Waals surface area (Å²) in [7, 11) is 1.45. The monoisotopic (exact) mass is 255 g/mol. The van der Waals surface area contributed by atoms with Gasteiger partial charge in [-0.1, -0.05) is 13.3 Å². The minimum absolute atomic E-state index is 0.144. The zero-order valence-corrected chi connectivity index (χ0v) is 10.4. The molecular weight excluding hydrogens is 238 g/mol. The van der Waals surface area contributed by atoms with Crippen molar-refractivity contribution in [2.24, 2.45) is 7.05 Å². The second-order valence-electron chi connectivity index (χ2n) is 4.05. The molecule has 7 nitrogen and oxygen atoms in total. The Morgan fingerprint density at radius 1 is 1.61 bits per heavy atom. The van der Waals surface area contributed by atoms with E-state index in [0.717, 1.165) is 6.42 Å². The van der Waals surface area contributed by atoms with Crippen LogP contribution in [0.4, 0.5) is 5.82 Å². The second-order valence-corrected chi connectivity index (χ2v) is 4.05. The Balaban J connectivity index is 2.65. The van der Waals surface area contributed by atoms with Crippen molar-refractivity contribution in [3.05, 3.63) is 27.9 Å². The Morgan fingerprint density at radius 3 is 2.78 bits per heavy atom. The maximum Gasteiger partial charge on any atom is 0.323 e. The van der Waals surface area contributed by atoms with Gasteiger partial charge in [0.15, 0.2) is 5.69 Å². The van der Waals surface area contributed by atoms with Gasteiger partial charge in [-0.25, -0.2) is 4.57 Å². The van der Waals surface area contributed by atoms with Crippen LogP contribution in [0.5, 0.6) is 0 Å². The Kier molecular flexibility index (Phi) is 4.85. The van der Waals surface area contributed by atoms with Crippen molar-refractivity contribution in [3.63, 3.8) is 0 Å². The molecule has 1 heterocycles. The van der Waals surface area contributed by atoms with E-state index in [1.165, 1.54) is 23.7 Å². The molecule has 0 aliphatic heterocycles. The molecule has 7 heteroatoms. The number of aromatic nitrogens is 1. The molecule has 0 fully saturated rings. The van der Waals surface area contributed by atoms with Gasteiger partial charge in [0.25, 0.3) is 5.91 Å². The van der Waals surface area contributed by atoms with Crippen molar-refractivity contribution in [3.8, 4) is 0 Å². The molecule has 0 radical (unpaired) electrons. The highest BCUT2D eigenvalue weighted by Crippen LogP contribution is 2.14. The van der Waals surface area contributed by atoms with Crippen molar-refractivity contribution in [1.29, 1.82) is 0 Å². The Hall–Kier alpha value is -1.89. The molecule has 2 N–H and O–H groups in total. The quantitative estimate of drug-likeness (QED) is 0.581. The molecule has 100 valence electrons. The highest BCUT2D eigenvalue weighted by molar-refractivity contribution is 5.93. The Labute approximate surface area is 105 Å². The third kappa shape index (κ3) is 3.30. The van der Waals surface area contributed by atoms with Gasteiger partial charge < -0.3 is 20.5 Å². The molecule has 1 rings (SSSR count). The maximum absolute atomic E-state index is 11.7. The van der Waals surface area contributed by atoms with Crippen molar-refractivity contribution in [2.75, 3.05) is 6.54 Å². The van der Waals surface area contributed by atoms with Crippen LogP contribution in [-0.2, 0) is 7.05 Å². The summed E-state index contributed by atoms with van der Waals surface area (Å²) in [5.41, 5.74) is 0.199. The van der Waals surface area contributed by atoms with E-state index in [-0.39, 0.29) is 18.1 Å². The number of hydrogen-bond donors (Lipinski definition) is 2. The number of nitrogens with zero attached hydrogens (tertiary/aromatic N) is 2. The molecule has 0 aliphatic rings. The summed E-state index contributed by atoms with van der Waals surface area (Å²) in [6.45, 7) is 2.08. The largest absolute Gasteiger partial charge is 0.391 e. The predicted octanol–water partition coefficient (Wildman–Crippen LogP) is 0.824. The molecule has 1 aromatic rings. The van der Waals surface area contributed by atoms with Crippen LogP contribution in [0.25, 0.3) is 0 Å². The second kappa shape index (κ2) is 6.15. The van der Waals surface area contributed by atoms with Gasteiger partial charge in [-0.3, -0.25) is 4.79 Å². The van der Waals surface area contributed by atoms with Crippen LogP contribution in [-0.4, -0.2) is 33.2 Å². The molecule has 1 atom stereocenters. The zero-order valence-electron chi connectivity index (χ0n) is 10.4. The van der Waals surface area contributed by atoms with Gasteiger partial charge in [0, 0.05) is 12.6 Å². The number of nitro groups is 1. The fourth-order valence-electron chi connectivity index (χ4n) is 1.65. The minimum atomic E-state index is -0.589. The predicted molar refractivity (Wildman–Crippen MR) is 65.3 cm³/mol. The first-order valence-corrected chi connectivity index (χ1v) is 5.73. The fourth-order valence-corrected chi connectivity index (χ4v) is 1.65. The van der Waals surface area contributed by atoms with Crippen LogP contribution in [0.15, 0.2) is 12.1 Å². The summed E-state index contributed by atoms with van der Waals surface area (Å²) in [5.74, 6) is -0.574. The molecule has 1 amide bonds. The van der Waals surface area contributed by atoms with Gasteiger partial charge in [0.05, 0.1) is 13.2 Å². The first-order valence-electron chi connectivity index (χ1n) is 5.73. The molecule has 0 saturated carbocycles. The van der Waals surface area contributed by atoms with E-state index in [1.54, 1.807) is 0 Å². The van der Waals surface area contributed by atoms with E-state index in [0.29, 0.717) is 6.42 Å². The summed E-state index contributed by atoms with van der Waals surface area (Å²) < 4.78 is 1.21. The van der Waals surface area contributed by atoms with E-state index >= 15 is 0 Å². The fraction of sp³-hybridized carbons (Fsp3) is 0.545. The molecule has 0 saturated heterocycles. The molecule has 1 unspecified atom stereocenters. The maximum atomic E-state index is 11.7. The standard InChI is InChI=1S/C11H17N3O4/c1-3-4-8(15)7-12-11(16)9-5-6-10(13(9)2)14(17)18/h5-6,8,15H,3-4,7H2,1-2H3,(H,12,16). The van der Waals surface area contributed by atoms with E-state index in [1.807, 2.05) is 6.92 Å². The van der Waals surface area contributed by atoms with E-state index in [2.05, 4.69) is 5.32 Å². The number of aliphatic hydroxyl groups excluding tert-OH is 1. The first kappa shape index (κ1) is 14.2. The van der Waals surface area contributed by atoms with Gasteiger partial charge in [-0.2, -0.15) is 0 Å². The average Bonchev–Trinajstić information content (AvgIpc) is 2.68. The number of nitrogens with one attached hydrogen (secondary N) is 1. The van der Waals surface area contributed by atoms with Crippen molar-refractivity contribution in [2.45, 2.75) is 25.9 Å². The SMILES string of the molecule is CCCC(O)CNC(=O)c1ccc([N+](=O)[O-])n1C. The highest BCUT2D eigenvalue weighted by atomic mass is 16.6. The smallest absolute Gasteiger partial charge is 0.323 e. The number of carbonyl (C=O) groups excluding carboxylic acids is 1. The molecule has 18 heavy (non-hydrogen) atoms. The number of carbonyl (C=O) groups is 1. The van der Waals surface area contributed by atoms with Crippen molar-refractivity contribution < 1.29 is 14.8 Å². The van der Waals surface area contributed by atoms with Crippen LogP contribution < -0.4 is 5.32 Å². The topological polar surface area (TPSA) is 97.4 Å². The lowest BCUT2D eigenvalue weighted by atomic mass is 10.2. The molecule has 0 aromatic carbocycles. The lowest BCUT2D eigenvalue weighted by molar-refractivity contribution is -0.391. The normalized spacial score (nSPS) is 12.2. The average molecular weight is 255 g/mol. The number of rotatable bonds is 6. The first-order chi connectivity index (χ1) is 8.47. The Bertz CT molecular complexity index is 441. The third-order valence-corrected chi connectivity index (χ3v) is 2.64. The highest BCUT2D eigenvalue weighted by Gasteiger charge is 2.20. The van der Waals surface area contributed by atoms with Crippen LogP contribution in [0.2, 0.25) is 0 Å². The third-order valence-electron chi connectivity index (χ3n) is 2.64. The lowest BCUT2D eigenvalue weighted by Gasteiger charge is -2.09. The van der Waals surface area contributed by atoms with Gasteiger partial charge in [-0.05, 0) is 17.4 Å². The molecule has 0 spiro atoms. The van der Waals surface area contributed by atoms with Crippen LogP contribution in [0.1, 0.15) is 30.3 Å². The van der Waals surface area contributed by atoms with E-state index in [9.17, 15) is 20.0 Å². The van der Waals surface area contributed by atoms with Gasteiger partial charge in [0.2, 0.25) is 0 Å². The van der Waals surface area contributed by atoms with E-state index in [4.69, 9.17) is 0 Å². The van der Waals surface area contributed by atoms with Crippen molar-refractivity contribution >= 4 is 11.7 Å². The summed E-state index contributed by atoms with van der Waals surface area (Å²) >= 11 is 0. The van der Waals surface area contributed by atoms with Crippen molar-refractivity contribution in [1.82, 2.24) is 9.88 Å². The molecule has 0 aliphatic carbocycles. The molecular formula is C11H17N3O4. The van der Waals surface area contributed by atoms with Gasteiger partial charge in [-0.15, -0.1) is 0 Å². The minimum Gasteiger partial charge on any atom is -0.391 e. The number of aliphatic hydroxyl groups is 1. The summed E-state index contributed by atoms with van der Waals surface area (Å²) in [6.07, 6.45) is 0.842. The summed E-state index contributed by atoms with van der Waals surface area (Å²) in [6, 6.07) is 2.66. The van der Waals surface area contributed by atoms with Gasteiger partial charge in [0.1, 0.15) is 0 Å². The van der Waals surface area contributed by atoms with Crippen LogP contribution in [0.3, 0.4) is 0 Å². The number of amides is 1. The van der Waals surface area contributed by atoms with Crippen LogP contribution >= 0.6 is 0 Å². The Morgan fingerprint density at radius 2 is 2.28 bits per heavy atom. The molecule has 0 bridgehead atoms. The van der Waals surface area contributed by atoms with Crippen LogP contribution in [0, 0.1) is 10.1 Å².